The van der Waals surface area contributed by atoms with Crippen molar-refractivity contribution in [3.63, 3.8) is 0 Å². The molecule has 0 bridgehead atoms. The zero-order valence-electron chi connectivity index (χ0n) is 11.8. The molecule has 2 unspecified atom stereocenters. The first kappa shape index (κ1) is 13.3. The molecule has 0 aromatic rings. The van der Waals surface area contributed by atoms with E-state index in [2.05, 4.69) is 35.9 Å². The summed E-state index contributed by atoms with van der Waals surface area (Å²) in [4.78, 5) is 5.37. The number of hydrogen-bond acceptors (Lipinski definition) is 3. The third kappa shape index (κ3) is 3.67. The molecule has 0 spiro atoms. The minimum absolute atomic E-state index is 0.718. The van der Waals surface area contributed by atoms with Crippen LogP contribution in [-0.2, 0) is 0 Å². The molecular formula is C14H29N3. The van der Waals surface area contributed by atoms with Gasteiger partial charge in [-0.15, -0.1) is 0 Å². The van der Waals surface area contributed by atoms with Crippen LogP contribution in [0.3, 0.4) is 0 Å². The second kappa shape index (κ2) is 6.17. The van der Waals surface area contributed by atoms with Gasteiger partial charge in [-0.25, -0.2) is 0 Å². The number of piperazine rings is 1. The first-order chi connectivity index (χ1) is 8.22. The number of rotatable bonds is 6. The highest BCUT2D eigenvalue weighted by Crippen LogP contribution is 2.28. The number of nitrogens with one attached hydrogen (secondary N) is 1. The lowest BCUT2D eigenvalue weighted by atomic mass is 10.0. The molecule has 17 heavy (non-hydrogen) atoms. The molecular weight excluding hydrogens is 210 g/mol. The van der Waals surface area contributed by atoms with Gasteiger partial charge in [-0.2, -0.15) is 0 Å². The molecule has 1 heterocycles. The summed E-state index contributed by atoms with van der Waals surface area (Å²) in [7, 11) is 0. The maximum atomic E-state index is 3.47. The minimum atomic E-state index is 0.718. The molecule has 0 amide bonds. The van der Waals surface area contributed by atoms with Crippen LogP contribution in [0.25, 0.3) is 0 Å². The van der Waals surface area contributed by atoms with Crippen molar-refractivity contribution in [2.75, 3.05) is 39.3 Å². The quantitative estimate of drug-likeness (QED) is 0.756. The summed E-state index contributed by atoms with van der Waals surface area (Å²) >= 11 is 0. The molecule has 3 heteroatoms. The van der Waals surface area contributed by atoms with E-state index in [0.29, 0.717) is 0 Å². The Morgan fingerprint density at radius 2 is 1.76 bits per heavy atom. The Morgan fingerprint density at radius 3 is 2.29 bits per heavy atom. The highest BCUT2D eigenvalue weighted by Gasteiger charge is 2.32. The largest absolute Gasteiger partial charge is 0.317 e. The van der Waals surface area contributed by atoms with E-state index in [1.807, 2.05) is 0 Å². The predicted molar refractivity (Wildman–Crippen MR) is 73.3 cm³/mol. The smallest absolute Gasteiger partial charge is 0.0113 e. The molecule has 2 aliphatic rings. The lowest BCUT2D eigenvalue weighted by molar-refractivity contribution is 0.0767. The molecule has 0 aromatic carbocycles. The molecule has 2 atom stereocenters. The van der Waals surface area contributed by atoms with Crippen LogP contribution in [0.4, 0.5) is 0 Å². The Hall–Kier alpha value is -0.120. The molecule has 0 aromatic heterocycles. The Balaban J connectivity index is 1.70. The fraction of sp³-hybridized carbons (Fsp3) is 1.00. The fourth-order valence-corrected chi connectivity index (χ4v) is 2.85. The van der Waals surface area contributed by atoms with Gasteiger partial charge in [-0.1, -0.05) is 13.8 Å². The minimum Gasteiger partial charge on any atom is -0.317 e. The summed E-state index contributed by atoms with van der Waals surface area (Å²) in [5.41, 5.74) is 0. The van der Waals surface area contributed by atoms with Gasteiger partial charge in [0, 0.05) is 38.3 Å². The Labute approximate surface area is 107 Å². The van der Waals surface area contributed by atoms with E-state index in [0.717, 1.165) is 31.1 Å². The van der Waals surface area contributed by atoms with E-state index < -0.39 is 0 Å². The topological polar surface area (TPSA) is 18.5 Å². The van der Waals surface area contributed by atoms with E-state index in [9.17, 15) is 0 Å². The van der Waals surface area contributed by atoms with Gasteiger partial charge in [0.15, 0.2) is 0 Å². The second-order valence-corrected chi connectivity index (χ2v) is 5.83. The van der Waals surface area contributed by atoms with Crippen LogP contribution in [0.2, 0.25) is 0 Å². The SMILES string of the molecule is CCNCC(C)C(C)N1CCN(C2CC2)CC1. The molecule has 2 rings (SSSR count). The zero-order valence-corrected chi connectivity index (χ0v) is 11.8. The van der Waals surface area contributed by atoms with E-state index in [1.54, 1.807) is 0 Å². The van der Waals surface area contributed by atoms with Crippen LogP contribution in [0.5, 0.6) is 0 Å². The standard InChI is InChI=1S/C14H29N3/c1-4-15-11-12(2)13(3)16-7-9-17(10-8-16)14-5-6-14/h12-15H,4-11H2,1-3H3. The summed E-state index contributed by atoms with van der Waals surface area (Å²) in [6.45, 7) is 14.3. The van der Waals surface area contributed by atoms with Crippen LogP contribution < -0.4 is 5.32 Å². The first-order valence-electron chi connectivity index (χ1n) is 7.41. The van der Waals surface area contributed by atoms with E-state index in [4.69, 9.17) is 0 Å². The lowest BCUT2D eigenvalue weighted by Crippen LogP contribution is -2.52. The Kier molecular flexibility index (Phi) is 4.83. The van der Waals surface area contributed by atoms with Gasteiger partial charge in [-0.05, 0) is 38.8 Å². The van der Waals surface area contributed by atoms with E-state index in [1.165, 1.54) is 39.0 Å². The monoisotopic (exact) mass is 239 g/mol. The van der Waals surface area contributed by atoms with Crippen LogP contribution in [-0.4, -0.2) is 61.2 Å². The van der Waals surface area contributed by atoms with Crippen LogP contribution in [0, 0.1) is 5.92 Å². The molecule has 1 N–H and O–H groups in total. The van der Waals surface area contributed by atoms with Crippen LogP contribution in [0.1, 0.15) is 33.6 Å². The van der Waals surface area contributed by atoms with Crippen molar-refractivity contribution >= 4 is 0 Å². The molecule has 1 aliphatic heterocycles. The summed E-state index contributed by atoms with van der Waals surface area (Å²) in [6, 6.07) is 1.67. The normalized spacial score (nSPS) is 27.0. The van der Waals surface area contributed by atoms with Crippen LogP contribution >= 0.6 is 0 Å². The third-order valence-corrected chi connectivity index (χ3v) is 4.53. The van der Waals surface area contributed by atoms with E-state index >= 15 is 0 Å². The van der Waals surface area contributed by atoms with Crippen molar-refractivity contribution in [2.45, 2.75) is 45.7 Å². The van der Waals surface area contributed by atoms with Crippen molar-refractivity contribution < 1.29 is 0 Å². The Morgan fingerprint density at radius 1 is 1.12 bits per heavy atom. The predicted octanol–water partition coefficient (Wildman–Crippen LogP) is 1.40. The molecule has 2 fully saturated rings. The maximum absolute atomic E-state index is 3.47. The number of nitrogens with zero attached hydrogens (tertiary/aromatic N) is 2. The zero-order chi connectivity index (χ0) is 12.3. The fourth-order valence-electron chi connectivity index (χ4n) is 2.85. The molecule has 0 radical (unpaired) electrons. The van der Waals surface area contributed by atoms with Gasteiger partial charge in [0.05, 0.1) is 0 Å². The van der Waals surface area contributed by atoms with Crippen molar-refractivity contribution in [3.05, 3.63) is 0 Å². The van der Waals surface area contributed by atoms with Gasteiger partial charge < -0.3 is 5.32 Å². The van der Waals surface area contributed by atoms with Gasteiger partial charge >= 0.3 is 0 Å². The Bertz CT molecular complexity index is 220. The first-order valence-corrected chi connectivity index (χ1v) is 7.41. The molecule has 100 valence electrons. The molecule has 1 saturated heterocycles. The highest BCUT2D eigenvalue weighted by atomic mass is 15.3. The van der Waals surface area contributed by atoms with Gasteiger partial charge in [-0.3, -0.25) is 9.80 Å². The summed E-state index contributed by atoms with van der Waals surface area (Å²) < 4.78 is 0. The van der Waals surface area contributed by atoms with Crippen molar-refractivity contribution in [3.8, 4) is 0 Å². The summed E-state index contributed by atoms with van der Waals surface area (Å²) in [5, 5.41) is 3.47. The van der Waals surface area contributed by atoms with Crippen molar-refractivity contribution in [2.24, 2.45) is 5.92 Å². The third-order valence-electron chi connectivity index (χ3n) is 4.53. The number of hydrogen-bond donors (Lipinski definition) is 1. The van der Waals surface area contributed by atoms with Crippen molar-refractivity contribution in [1.82, 2.24) is 15.1 Å². The van der Waals surface area contributed by atoms with Crippen molar-refractivity contribution in [1.29, 1.82) is 0 Å². The molecule has 1 saturated carbocycles. The molecule has 1 aliphatic carbocycles. The van der Waals surface area contributed by atoms with Gasteiger partial charge in [0.25, 0.3) is 0 Å². The molecule has 3 nitrogen and oxygen atoms in total. The van der Waals surface area contributed by atoms with Gasteiger partial charge in [0.1, 0.15) is 0 Å². The summed E-state index contributed by atoms with van der Waals surface area (Å²) in [5.74, 6) is 0.752. The highest BCUT2D eigenvalue weighted by molar-refractivity contribution is 4.89. The van der Waals surface area contributed by atoms with Gasteiger partial charge in [0.2, 0.25) is 0 Å². The lowest BCUT2D eigenvalue weighted by Gasteiger charge is -2.40. The maximum Gasteiger partial charge on any atom is 0.0113 e. The average Bonchev–Trinajstić information content (AvgIpc) is 3.19. The van der Waals surface area contributed by atoms with Crippen LogP contribution in [0.15, 0.2) is 0 Å². The average molecular weight is 239 g/mol. The summed E-state index contributed by atoms with van der Waals surface area (Å²) in [6.07, 6.45) is 2.90. The van der Waals surface area contributed by atoms with E-state index in [-0.39, 0.29) is 0 Å². The second-order valence-electron chi connectivity index (χ2n) is 5.83.